The molecule has 2 N–H and O–H groups in total. The van der Waals surface area contributed by atoms with Crippen LogP contribution in [-0.4, -0.2) is 60.0 Å². The van der Waals surface area contributed by atoms with Crippen LogP contribution in [0.15, 0.2) is 54.6 Å². The molecule has 1 saturated carbocycles. The number of urea groups is 1. The Bertz CT molecular complexity index is 887. The average molecular weight is 421 g/mol. The first kappa shape index (κ1) is 21.4. The highest BCUT2D eigenvalue weighted by atomic mass is 16.2. The monoisotopic (exact) mass is 420 g/mol. The maximum absolute atomic E-state index is 12.8. The lowest BCUT2D eigenvalue weighted by Crippen LogP contribution is -2.56. The Hall–Kier alpha value is -2.86. The molecular formula is C25H32N4O2. The molecule has 3 amide bonds. The topological polar surface area (TPSA) is 64.7 Å². The first-order valence-corrected chi connectivity index (χ1v) is 11.3. The highest BCUT2D eigenvalue weighted by Crippen LogP contribution is 2.22. The second-order valence-corrected chi connectivity index (χ2v) is 8.64. The van der Waals surface area contributed by atoms with Crippen LogP contribution >= 0.6 is 0 Å². The first-order valence-electron chi connectivity index (χ1n) is 11.3. The van der Waals surface area contributed by atoms with E-state index in [-0.39, 0.29) is 24.0 Å². The Labute approximate surface area is 184 Å². The number of nitrogens with one attached hydrogen (secondary N) is 2. The van der Waals surface area contributed by atoms with E-state index in [1.807, 2.05) is 36.9 Å². The minimum absolute atomic E-state index is 0.0469. The van der Waals surface area contributed by atoms with Gasteiger partial charge in [0, 0.05) is 32.2 Å². The molecule has 2 aliphatic rings. The van der Waals surface area contributed by atoms with Crippen LogP contribution in [0.3, 0.4) is 0 Å². The van der Waals surface area contributed by atoms with Crippen LogP contribution in [-0.2, 0) is 4.79 Å². The maximum atomic E-state index is 12.8. The van der Waals surface area contributed by atoms with Gasteiger partial charge in [-0.1, -0.05) is 54.6 Å². The molecule has 2 aromatic rings. The summed E-state index contributed by atoms with van der Waals surface area (Å²) in [6.45, 7) is 6.66. The first-order chi connectivity index (χ1) is 15.0. The van der Waals surface area contributed by atoms with E-state index in [0.29, 0.717) is 32.2 Å². The van der Waals surface area contributed by atoms with E-state index in [1.54, 1.807) is 0 Å². The fourth-order valence-corrected chi connectivity index (χ4v) is 3.98. The summed E-state index contributed by atoms with van der Waals surface area (Å²) in [6.07, 6.45) is 2.19. The zero-order valence-electron chi connectivity index (χ0n) is 18.4. The lowest BCUT2D eigenvalue weighted by Gasteiger charge is -2.37. The van der Waals surface area contributed by atoms with Crippen molar-refractivity contribution in [2.45, 2.75) is 44.8 Å². The lowest BCUT2D eigenvalue weighted by atomic mass is 10.0. The predicted octanol–water partition coefficient (Wildman–Crippen LogP) is 3.41. The number of benzene rings is 2. The van der Waals surface area contributed by atoms with Crippen molar-refractivity contribution in [1.29, 1.82) is 0 Å². The fourth-order valence-electron chi connectivity index (χ4n) is 3.98. The van der Waals surface area contributed by atoms with Crippen LogP contribution in [0, 0.1) is 0 Å². The molecule has 0 bridgehead atoms. The summed E-state index contributed by atoms with van der Waals surface area (Å²) in [5.41, 5.74) is 3.43. The van der Waals surface area contributed by atoms with Gasteiger partial charge in [-0.3, -0.25) is 9.69 Å². The molecule has 1 aliphatic carbocycles. The van der Waals surface area contributed by atoms with E-state index in [1.165, 1.54) is 11.1 Å². The molecule has 1 heterocycles. The molecule has 2 atom stereocenters. The summed E-state index contributed by atoms with van der Waals surface area (Å²) < 4.78 is 0. The maximum Gasteiger partial charge on any atom is 0.317 e. The Balaban J connectivity index is 1.26. The van der Waals surface area contributed by atoms with E-state index < -0.39 is 0 Å². The Morgan fingerprint density at radius 3 is 2.10 bits per heavy atom. The van der Waals surface area contributed by atoms with Crippen LogP contribution in [0.4, 0.5) is 4.79 Å². The number of carbonyl (C=O) groups is 2. The normalized spacial score (nSPS) is 18.8. The number of nitrogens with zero attached hydrogens (tertiary/aromatic N) is 2. The molecular weight excluding hydrogens is 388 g/mol. The van der Waals surface area contributed by atoms with Gasteiger partial charge in [-0.05, 0) is 43.4 Å². The van der Waals surface area contributed by atoms with Gasteiger partial charge in [-0.2, -0.15) is 0 Å². The van der Waals surface area contributed by atoms with Gasteiger partial charge in [0.15, 0.2) is 0 Å². The van der Waals surface area contributed by atoms with Gasteiger partial charge < -0.3 is 15.5 Å². The molecule has 2 unspecified atom stereocenters. The van der Waals surface area contributed by atoms with Gasteiger partial charge in [-0.15, -0.1) is 0 Å². The van der Waals surface area contributed by atoms with Crippen LogP contribution < -0.4 is 10.6 Å². The smallest absolute Gasteiger partial charge is 0.317 e. The highest BCUT2D eigenvalue weighted by molar-refractivity contribution is 5.82. The van der Waals surface area contributed by atoms with Crippen LogP contribution in [0.2, 0.25) is 0 Å². The minimum atomic E-state index is -0.145. The van der Waals surface area contributed by atoms with Gasteiger partial charge >= 0.3 is 6.03 Å². The molecule has 6 heteroatoms. The third kappa shape index (κ3) is 5.44. The molecule has 2 fully saturated rings. The summed E-state index contributed by atoms with van der Waals surface area (Å²) in [5, 5.41) is 6.19. The van der Waals surface area contributed by atoms with Crippen molar-refractivity contribution in [3.63, 3.8) is 0 Å². The zero-order valence-corrected chi connectivity index (χ0v) is 18.4. The largest absolute Gasteiger partial charge is 0.352 e. The van der Waals surface area contributed by atoms with E-state index in [0.717, 1.165) is 18.4 Å². The van der Waals surface area contributed by atoms with Crippen molar-refractivity contribution in [2.24, 2.45) is 0 Å². The van der Waals surface area contributed by atoms with Gasteiger partial charge in [0.2, 0.25) is 5.91 Å². The summed E-state index contributed by atoms with van der Waals surface area (Å²) in [7, 11) is 0. The van der Waals surface area contributed by atoms with Crippen molar-refractivity contribution >= 4 is 11.9 Å². The van der Waals surface area contributed by atoms with Gasteiger partial charge in [0.25, 0.3) is 0 Å². The number of rotatable bonds is 6. The van der Waals surface area contributed by atoms with Crippen molar-refractivity contribution in [3.8, 4) is 11.1 Å². The van der Waals surface area contributed by atoms with Crippen molar-refractivity contribution in [2.75, 3.05) is 26.2 Å². The molecule has 31 heavy (non-hydrogen) atoms. The van der Waals surface area contributed by atoms with Gasteiger partial charge in [0.1, 0.15) is 0 Å². The lowest BCUT2D eigenvalue weighted by molar-refractivity contribution is -0.126. The molecule has 6 nitrogen and oxygen atoms in total. The van der Waals surface area contributed by atoms with Crippen LogP contribution in [0.1, 0.15) is 38.3 Å². The number of carbonyl (C=O) groups excluding carboxylic acids is 2. The molecule has 0 spiro atoms. The summed E-state index contributed by atoms with van der Waals surface area (Å²) in [5.74, 6) is 0.105. The van der Waals surface area contributed by atoms with E-state index >= 15 is 0 Å². The van der Waals surface area contributed by atoms with E-state index in [9.17, 15) is 9.59 Å². The second kappa shape index (κ2) is 9.52. The van der Waals surface area contributed by atoms with Crippen LogP contribution in [0.25, 0.3) is 11.1 Å². The van der Waals surface area contributed by atoms with Gasteiger partial charge in [0.05, 0.1) is 12.1 Å². The number of hydrogen-bond donors (Lipinski definition) is 2. The molecule has 4 rings (SSSR count). The van der Waals surface area contributed by atoms with E-state index in [2.05, 4.69) is 51.9 Å². The quantitative estimate of drug-likeness (QED) is 0.753. The highest BCUT2D eigenvalue weighted by Gasteiger charge is 2.31. The third-order valence-electron chi connectivity index (χ3n) is 6.31. The van der Waals surface area contributed by atoms with Crippen molar-refractivity contribution in [1.82, 2.24) is 20.4 Å². The molecule has 0 aromatic heterocycles. The average Bonchev–Trinajstić information content (AvgIpc) is 3.63. The van der Waals surface area contributed by atoms with Crippen LogP contribution in [0.5, 0.6) is 0 Å². The second-order valence-electron chi connectivity index (χ2n) is 8.64. The molecule has 1 saturated heterocycles. The zero-order chi connectivity index (χ0) is 21.8. The summed E-state index contributed by atoms with van der Waals surface area (Å²) in [4.78, 5) is 29.0. The summed E-state index contributed by atoms with van der Waals surface area (Å²) >= 11 is 0. The predicted molar refractivity (Wildman–Crippen MR) is 123 cm³/mol. The number of amides is 3. The minimum Gasteiger partial charge on any atom is -0.352 e. The van der Waals surface area contributed by atoms with Gasteiger partial charge in [-0.25, -0.2) is 4.79 Å². The Kier molecular flexibility index (Phi) is 6.56. The summed E-state index contributed by atoms with van der Waals surface area (Å²) in [6, 6.07) is 18.7. The Morgan fingerprint density at radius 2 is 1.48 bits per heavy atom. The third-order valence-corrected chi connectivity index (χ3v) is 6.31. The SMILES string of the molecule is CC(NC(=O)N1CCN(C(C)C(=O)NC2CC2)CC1)c1ccc(-c2ccccc2)cc1. The standard InChI is InChI=1S/C25H32N4O2/c1-18(20-8-10-22(11-9-20)21-6-4-3-5-7-21)26-25(31)29-16-14-28(15-17-29)19(2)24(30)27-23-12-13-23/h3-11,18-19,23H,12-17H2,1-2H3,(H,26,31)(H,27,30). The number of piperazine rings is 1. The molecule has 2 aromatic carbocycles. The fraction of sp³-hybridized carbons (Fsp3) is 0.440. The molecule has 0 radical (unpaired) electrons. The molecule has 1 aliphatic heterocycles. The number of hydrogen-bond acceptors (Lipinski definition) is 3. The van der Waals surface area contributed by atoms with E-state index in [4.69, 9.17) is 0 Å². The Morgan fingerprint density at radius 1 is 0.871 bits per heavy atom. The van der Waals surface area contributed by atoms with Crippen molar-refractivity contribution in [3.05, 3.63) is 60.2 Å². The van der Waals surface area contributed by atoms with Crippen molar-refractivity contribution < 1.29 is 9.59 Å². The molecule has 164 valence electrons.